The van der Waals surface area contributed by atoms with Crippen molar-refractivity contribution in [3.63, 3.8) is 0 Å². The molecule has 1 aromatic carbocycles. The second kappa shape index (κ2) is 5.93. The van der Waals surface area contributed by atoms with Gasteiger partial charge in [0.05, 0.1) is 11.8 Å². The number of carbonyl (C=O) groups excluding carboxylic acids is 1. The minimum Gasteiger partial charge on any atom is -0.455 e. The van der Waals surface area contributed by atoms with Crippen LogP contribution in [0.25, 0.3) is 0 Å². The zero-order valence-electron chi connectivity index (χ0n) is 11.7. The molecular weight excluding hydrogens is 289 g/mol. The Balaban J connectivity index is 1.73. The number of likely N-dealkylation sites (tertiary alicyclic amines) is 1. The minimum absolute atomic E-state index is 0.0206. The number of furan rings is 1. The molecule has 0 bridgehead atoms. The Kier molecular flexibility index (Phi) is 4.01. The van der Waals surface area contributed by atoms with Gasteiger partial charge in [-0.1, -0.05) is 12.1 Å². The maximum absolute atomic E-state index is 13.0. The monoisotopic (exact) mass is 305 g/mol. The van der Waals surface area contributed by atoms with Crippen LogP contribution in [0.1, 0.15) is 34.3 Å². The summed E-state index contributed by atoms with van der Waals surface area (Å²) in [6.07, 6.45) is 2.89. The molecule has 1 atom stereocenters. The topological polar surface area (TPSA) is 33.5 Å². The molecule has 0 N–H and O–H groups in total. The van der Waals surface area contributed by atoms with Crippen LogP contribution < -0.4 is 0 Å². The fourth-order valence-corrected chi connectivity index (χ4v) is 2.96. The van der Waals surface area contributed by atoms with E-state index < -0.39 is 0 Å². The molecular formula is C16H16FNO2S. The third-order valence-electron chi connectivity index (χ3n) is 3.69. The van der Waals surface area contributed by atoms with E-state index in [0.29, 0.717) is 12.3 Å². The largest absolute Gasteiger partial charge is 0.455 e. The van der Waals surface area contributed by atoms with Crippen molar-refractivity contribution in [2.24, 2.45) is 0 Å². The lowest BCUT2D eigenvalue weighted by molar-refractivity contribution is 0.0426. The number of nitrogens with zero attached hydrogens (tertiary/aromatic N) is 1. The summed E-state index contributed by atoms with van der Waals surface area (Å²) in [5, 5.41) is 0. The Morgan fingerprint density at radius 3 is 2.71 bits per heavy atom. The summed E-state index contributed by atoms with van der Waals surface area (Å²) in [7, 11) is 0. The number of amides is 1. The number of hydrogen-bond donors (Lipinski definition) is 0. The van der Waals surface area contributed by atoms with E-state index in [4.69, 9.17) is 4.42 Å². The summed E-state index contributed by atoms with van der Waals surface area (Å²) in [6, 6.07) is 9.93. The van der Waals surface area contributed by atoms with Crippen LogP contribution in [0.4, 0.5) is 4.39 Å². The maximum Gasteiger partial charge on any atom is 0.290 e. The van der Waals surface area contributed by atoms with Crippen LogP contribution in [-0.2, 0) is 5.75 Å². The van der Waals surface area contributed by atoms with Gasteiger partial charge in [-0.25, -0.2) is 4.39 Å². The van der Waals surface area contributed by atoms with Gasteiger partial charge in [0.1, 0.15) is 11.6 Å². The van der Waals surface area contributed by atoms with Gasteiger partial charge in [-0.3, -0.25) is 4.79 Å². The SMILES string of the molecule is CSCc1ccc(C(=O)N2CC[C@@H]2c2ccc(F)cc2)o1. The number of benzene rings is 1. The average molecular weight is 305 g/mol. The number of carbonyl (C=O) groups is 1. The van der Waals surface area contributed by atoms with Gasteiger partial charge in [-0.15, -0.1) is 0 Å². The van der Waals surface area contributed by atoms with Gasteiger partial charge in [-0.2, -0.15) is 11.8 Å². The first-order valence-electron chi connectivity index (χ1n) is 6.83. The van der Waals surface area contributed by atoms with E-state index in [1.165, 1.54) is 12.1 Å². The summed E-state index contributed by atoms with van der Waals surface area (Å²) < 4.78 is 18.5. The molecule has 0 unspecified atom stereocenters. The molecule has 1 saturated heterocycles. The second-order valence-corrected chi connectivity index (χ2v) is 5.92. The van der Waals surface area contributed by atoms with Crippen LogP contribution >= 0.6 is 11.8 Å². The molecule has 1 aromatic heterocycles. The van der Waals surface area contributed by atoms with Gasteiger partial charge in [0.2, 0.25) is 0 Å². The molecule has 0 saturated carbocycles. The van der Waals surface area contributed by atoms with Crippen LogP contribution in [-0.4, -0.2) is 23.6 Å². The highest BCUT2D eigenvalue weighted by Gasteiger charge is 2.35. The molecule has 1 amide bonds. The Morgan fingerprint density at radius 1 is 1.33 bits per heavy atom. The molecule has 21 heavy (non-hydrogen) atoms. The second-order valence-electron chi connectivity index (χ2n) is 5.05. The van der Waals surface area contributed by atoms with Crippen molar-refractivity contribution in [1.29, 1.82) is 0 Å². The van der Waals surface area contributed by atoms with E-state index in [1.54, 1.807) is 34.9 Å². The predicted molar refractivity (Wildman–Crippen MR) is 80.7 cm³/mol. The van der Waals surface area contributed by atoms with Gasteiger partial charge >= 0.3 is 0 Å². The summed E-state index contributed by atoms with van der Waals surface area (Å²) in [5.41, 5.74) is 0.965. The highest BCUT2D eigenvalue weighted by molar-refractivity contribution is 7.97. The zero-order chi connectivity index (χ0) is 14.8. The van der Waals surface area contributed by atoms with Gasteiger partial charge in [0.25, 0.3) is 5.91 Å². The lowest BCUT2D eigenvalue weighted by Gasteiger charge is -2.40. The van der Waals surface area contributed by atoms with E-state index in [0.717, 1.165) is 23.5 Å². The molecule has 3 nitrogen and oxygen atoms in total. The Bertz CT molecular complexity index is 638. The molecule has 1 aliphatic heterocycles. The number of halogens is 1. The van der Waals surface area contributed by atoms with Crippen LogP contribution in [0.5, 0.6) is 0 Å². The lowest BCUT2D eigenvalue weighted by atomic mass is 9.94. The summed E-state index contributed by atoms with van der Waals surface area (Å²) in [4.78, 5) is 14.2. The highest BCUT2D eigenvalue weighted by atomic mass is 32.2. The fraction of sp³-hybridized carbons (Fsp3) is 0.312. The van der Waals surface area contributed by atoms with E-state index >= 15 is 0 Å². The van der Waals surface area contributed by atoms with Gasteiger partial charge in [-0.05, 0) is 42.5 Å². The van der Waals surface area contributed by atoms with Crippen LogP contribution in [0, 0.1) is 5.82 Å². The molecule has 0 spiro atoms. The van der Waals surface area contributed by atoms with Crippen molar-refractivity contribution >= 4 is 17.7 Å². The molecule has 1 fully saturated rings. The summed E-state index contributed by atoms with van der Waals surface area (Å²) in [6.45, 7) is 0.708. The standard InChI is InChI=1S/C16H16FNO2S/c1-21-10-13-6-7-15(20-13)16(19)18-9-8-14(18)11-2-4-12(17)5-3-11/h2-7,14H,8-10H2,1H3/t14-/m1/s1. The first-order chi connectivity index (χ1) is 10.2. The van der Waals surface area contributed by atoms with E-state index in [2.05, 4.69) is 0 Å². The summed E-state index contributed by atoms with van der Waals surface area (Å²) in [5.74, 6) is 1.59. The predicted octanol–water partition coefficient (Wildman–Crippen LogP) is 3.87. The van der Waals surface area contributed by atoms with Crippen molar-refractivity contribution in [3.8, 4) is 0 Å². The molecule has 2 heterocycles. The number of rotatable bonds is 4. The third kappa shape index (κ3) is 2.83. The Labute approximate surface area is 127 Å². The smallest absolute Gasteiger partial charge is 0.290 e. The Hall–Kier alpha value is -1.75. The average Bonchev–Trinajstić information content (AvgIpc) is 2.89. The van der Waals surface area contributed by atoms with E-state index in [9.17, 15) is 9.18 Å². The first-order valence-corrected chi connectivity index (χ1v) is 8.22. The van der Waals surface area contributed by atoms with Crippen molar-refractivity contribution in [1.82, 2.24) is 4.90 Å². The molecule has 5 heteroatoms. The summed E-state index contributed by atoms with van der Waals surface area (Å²) >= 11 is 1.65. The van der Waals surface area contributed by atoms with Crippen LogP contribution in [0.15, 0.2) is 40.8 Å². The van der Waals surface area contributed by atoms with E-state index in [-0.39, 0.29) is 17.8 Å². The molecule has 0 aliphatic carbocycles. The van der Waals surface area contributed by atoms with Gasteiger partial charge < -0.3 is 9.32 Å². The number of thioether (sulfide) groups is 1. The van der Waals surface area contributed by atoms with Gasteiger partial charge in [0.15, 0.2) is 5.76 Å². The minimum atomic E-state index is -0.260. The van der Waals surface area contributed by atoms with Crippen LogP contribution in [0.2, 0.25) is 0 Å². The first kappa shape index (κ1) is 14.2. The molecule has 2 aromatic rings. The maximum atomic E-state index is 13.0. The molecule has 110 valence electrons. The van der Waals surface area contributed by atoms with Crippen molar-refractivity contribution in [2.45, 2.75) is 18.2 Å². The normalized spacial score (nSPS) is 17.6. The molecule has 3 rings (SSSR count). The quantitative estimate of drug-likeness (QED) is 0.860. The highest BCUT2D eigenvalue weighted by Crippen LogP contribution is 2.34. The van der Waals surface area contributed by atoms with Gasteiger partial charge in [0, 0.05) is 6.54 Å². The number of hydrogen-bond acceptors (Lipinski definition) is 3. The third-order valence-corrected chi connectivity index (χ3v) is 4.27. The fourth-order valence-electron chi connectivity index (χ4n) is 2.52. The lowest BCUT2D eigenvalue weighted by Crippen LogP contribution is -2.45. The van der Waals surface area contributed by atoms with Crippen LogP contribution in [0.3, 0.4) is 0 Å². The molecule has 0 radical (unpaired) electrons. The Morgan fingerprint density at radius 2 is 2.10 bits per heavy atom. The zero-order valence-corrected chi connectivity index (χ0v) is 12.5. The van der Waals surface area contributed by atoms with Crippen molar-refractivity contribution in [3.05, 3.63) is 59.3 Å². The van der Waals surface area contributed by atoms with Crippen molar-refractivity contribution < 1.29 is 13.6 Å². The van der Waals surface area contributed by atoms with E-state index in [1.807, 2.05) is 12.3 Å². The molecule has 1 aliphatic rings. The van der Waals surface area contributed by atoms with Crippen molar-refractivity contribution in [2.75, 3.05) is 12.8 Å².